The number of ether oxygens (including phenoxy) is 1. The number of hydrogen-bond donors (Lipinski definition) is 1. The number of methoxy groups -OCH3 is 1. The van der Waals surface area contributed by atoms with Crippen LogP contribution in [0.15, 0.2) is 24.3 Å². The van der Waals surface area contributed by atoms with Crippen molar-refractivity contribution in [3.63, 3.8) is 0 Å². The highest BCUT2D eigenvalue weighted by Gasteiger charge is 2.39. The van der Waals surface area contributed by atoms with Crippen LogP contribution in [0.25, 0.3) is 0 Å². The summed E-state index contributed by atoms with van der Waals surface area (Å²) in [4.78, 5) is 0. The minimum atomic E-state index is -1.24. The number of rotatable bonds is 3. The van der Waals surface area contributed by atoms with Crippen LogP contribution in [0.4, 0.5) is 4.39 Å². The van der Waals surface area contributed by atoms with Gasteiger partial charge in [-0.05, 0) is 24.6 Å². The highest BCUT2D eigenvalue weighted by Crippen LogP contribution is 2.36. The first-order valence-electron chi connectivity index (χ1n) is 5.19. The Labute approximate surface area is 89.4 Å². The van der Waals surface area contributed by atoms with E-state index in [9.17, 15) is 4.39 Å². The summed E-state index contributed by atoms with van der Waals surface area (Å²) in [5.41, 5.74) is -0.507. The molecule has 3 heteroatoms. The van der Waals surface area contributed by atoms with Gasteiger partial charge in [-0.25, -0.2) is 4.39 Å². The zero-order valence-corrected chi connectivity index (χ0v) is 9.09. The molecule has 1 unspecified atom stereocenters. The number of benzene rings is 1. The summed E-state index contributed by atoms with van der Waals surface area (Å²) in [5, 5.41) is 3.09. The van der Waals surface area contributed by atoms with Crippen LogP contribution in [0.3, 0.4) is 0 Å². The summed E-state index contributed by atoms with van der Waals surface area (Å²) in [5.74, 6) is 0.854. The molecule has 1 fully saturated rings. The lowest BCUT2D eigenvalue weighted by molar-refractivity contribution is 0.0631. The van der Waals surface area contributed by atoms with Crippen molar-refractivity contribution in [2.75, 3.05) is 20.2 Å². The molecule has 2 nitrogen and oxygen atoms in total. The third kappa shape index (κ3) is 1.84. The monoisotopic (exact) mass is 209 g/mol. The maximum Gasteiger partial charge on any atom is 0.138 e. The first-order chi connectivity index (χ1) is 7.14. The lowest BCUT2D eigenvalue weighted by Gasteiger charge is -2.38. The van der Waals surface area contributed by atoms with Gasteiger partial charge in [-0.3, -0.25) is 0 Å². The summed E-state index contributed by atoms with van der Waals surface area (Å²) in [7, 11) is 1.61. The Morgan fingerprint density at radius 1 is 1.33 bits per heavy atom. The topological polar surface area (TPSA) is 21.3 Å². The van der Waals surface area contributed by atoms with Gasteiger partial charge in [0.1, 0.15) is 11.4 Å². The Bertz CT molecular complexity index is 330. The molecule has 0 spiro atoms. The van der Waals surface area contributed by atoms with Gasteiger partial charge in [-0.15, -0.1) is 0 Å². The summed E-state index contributed by atoms with van der Waals surface area (Å²) in [6.45, 7) is 3.18. The third-order valence-corrected chi connectivity index (χ3v) is 3.20. The van der Waals surface area contributed by atoms with Crippen LogP contribution in [-0.4, -0.2) is 20.2 Å². The van der Waals surface area contributed by atoms with Gasteiger partial charge in [0.05, 0.1) is 7.11 Å². The molecule has 15 heavy (non-hydrogen) atoms. The molecule has 1 atom stereocenters. The van der Waals surface area contributed by atoms with Crippen molar-refractivity contribution in [1.29, 1.82) is 0 Å². The molecule has 0 bridgehead atoms. The van der Waals surface area contributed by atoms with E-state index >= 15 is 0 Å². The maximum atomic E-state index is 14.4. The van der Waals surface area contributed by atoms with Crippen LogP contribution in [0.2, 0.25) is 0 Å². The van der Waals surface area contributed by atoms with Gasteiger partial charge in [-0.1, -0.05) is 12.1 Å². The zero-order chi connectivity index (χ0) is 10.9. The summed E-state index contributed by atoms with van der Waals surface area (Å²) in [6, 6.07) is 7.22. The van der Waals surface area contributed by atoms with Gasteiger partial charge in [-0.2, -0.15) is 0 Å². The van der Waals surface area contributed by atoms with E-state index < -0.39 is 5.67 Å². The SMILES string of the molecule is COc1ccc(C(C)(F)C2CNC2)cc1. The van der Waals surface area contributed by atoms with Crippen molar-refractivity contribution in [1.82, 2.24) is 5.32 Å². The van der Waals surface area contributed by atoms with Crippen LogP contribution in [0, 0.1) is 5.92 Å². The molecular formula is C12H16FNO. The van der Waals surface area contributed by atoms with Crippen LogP contribution in [0.1, 0.15) is 12.5 Å². The van der Waals surface area contributed by atoms with Gasteiger partial charge >= 0.3 is 0 Å². The van der Waals surface area contributed by atoms with E-state index in [2.05, 4.69) is 5.32 Å². The first kappa shape index (κ1) is 10.4. The standard InChI is InChI=1S/C12H16FNO/c1-12(13,10-7-14-8-10)9-3-5-11(15-2)6-4-9/h3-6,10,14H,7-8H2,1-2H3. The molecule has 0 aromatic heterocycles. The van der Waals surface area contributed by atoms with Crippen molar-refractivity contribution < 1.29 is 9.13 Å². The molecule has 0 aliphatic carbocycles. The van der Waals surface area contributed by atoms with Gasteiger partial charge in [0.15, 0.2) is 0 Å². The Balaban J connectivity index is 2.20. The smallest absolute Gasteiger partial charge is 0.138 e. The van der Waals surface area contributed by atoms with E-state index in [0.29, 0.717) is 0 Å². The molecule has 0 amide bonds. The average Bonchev–Trinajstić information content (AvgIpc) is 2.14. The van der Waals surface area contributed by atoms with Gasteiger partial charge in [0, 0.05) is 19.0 Å². The summed E-state index contributed by atoms with van der Waals surface area (Å²) >= 11 is 0. The molecule has 1 N–H and O–H groups in total. The van der Waals surface area contributed by atoms with E-state index in [0.717, 1.165) is 24.4 Å². The van der Waals surface area contributed by atoms with E-state index in [-0.39, 0.29) is 5.92 Å². The predicted molar refractivity (Wildman–Crippen MR) is 57.8 cm³/mol. The average molecular weight is 209 g/mol. The number of halogens is 1. The molecule has 1 heterocycles. The second-order valence-corrected chi connectivity index (χ2v) is 4.16. The second kappa shape index (κ2) is 3.81. The molecule has 1 aromatic rings. The van der Waals surface area contributed by atoms with Gasteiger partial charge in [0.2, 0.25) is 0 Å². The molecule has 1 aliphatic rings. The Morgan fingerprint density at radius 3 is 2.33 bits per heavy atom. The van der Waals surface area contributed by atoms with Crippen molar-refractivity contribution in [3.05, 3.63) is 29.8 Å². The van der Waals surface area contributed by atoms with Crippen LogP contribution < -0.4 is 10.1 Å². The quantitative estimate of drug-likeness (QED) is 0.823. The normalized spacial score (nSPS) is 20.5. The third-order valence-electron chi connectivity index (χ3n) is 3.20. The first-order valence-corrected chi connectivity index (χ1v) is 5.19. The highest BCUT2D eigenvalue weighted by molar-refractivity contribution is 5.31. The molecule has 1 saturated heterocycles. The molecule has 82 valence electrons. The van der Waals surface area contributed by atoms with Gasteiger partial charge < -0.3 is 10.1 Å². The van der Waals surface area contributed by atoms with Crippen molar-refractivity contribution in [2.24, 2.45) is 5.92 Å². The number of hydrogen-bond acceptors (Lipinski definition) is 2. The Morgan fingerprint density at radius 2 is 1.93 bits per heavy atom. The summed E-state index contributed by atoms with van der Waals surface area (Å²) in [6.07, 6.45) is 0. The second-order valence-electron chi connectivity index (χ2n) is 4.16. The fourth-order valence-corrected chi connectivity index (χ4v) is 1.82. The number of alkyl halides is 1. The van der Waals surface area contributed by atoms with E-state index in [1.54, 1.807) is 38.3 Å². The van der Waals surface area contributed by atoms with Crippen LogP contribution in [0.5, 0.6) is 5.75 Å². The van der Waals surface area contributed by atoms with Gasteiger partial charge in [0.25, 0.3) is 0 Å². The van der Waals surface area contributed by atoms with Crippen molar-refractivity contribution in [2.45, 2.75) is 12.6 Å². The predicted octanol–water partition coefficient (Wildman–Crippen LogP) is 2.10. The van der Waals surface area contributed by atoms with E-state index in [1.807, 2.05) is 0 Å². The molecule has 0 radical (unpaired) electrons. The fourth-order valence-electron chi connectivity index (χ4n) is 1.82. The lowest BCUT2D eigenvalue weighted by atomic mass is 9.81. The molecular weight excluding hydrogens is 193 g/mol. The van der Waals surface area contributed by atoms with Crippen LogP contribution in [-0.2, 0) is 5.67 Å². The largest absolute Gasteiger partial charge is 0.497 e. The fraction of sp³-hybridized carbons (Fsp3) is 0.500. The minimum Gasteiger partial charge on any atom is -0.497 e. The van der Waals surface area contributed by atoms with E-state index in [4.69, 9.17) is 4.74 Å². The molecule has 0 saturated carbocycles. The molecule has 2 rings (SSSR count). The molecule has 1 aromatic carbocycles. The van der Waals surface area contributed by atoms with E-state index in [1.165, 1.54) is 0 Å². The van der Waals surface area contributed by atoms with Crippen molar-refractivity contribution in [3.8, 4) is 5.75 Å². The number of nitrogens with one attached hydrogen (secondary N) is 1. The maximum absolute atomic E-state index is 14.4. The lowest BCUT2D eigenvalue weighted by Crippen LogP contribution is -2.51. The van der Waals surface area contributed by atoms with Crippen molar-refractivity contribution >= 4 is 0 Å². The minimum absolute atomic E-state index is 0.0888. The Kier molecular flexibility index (Phi) is 2.65. The Hall–Kier alpha value is -1.09. The summed E-state index contributed by atoms with van der Waals surface area (Å²) < 4.78 is 19.5. The highest BCUT2D eigenvalue weighted by atomic mass is 19.1. The van der Waals surface area contributed by atoms with Crippen LogP contribution >= 0.6 is 0 Å². The molecule has 1 aliphatic heterocycles. The zero-order valence-electron chi connectivity index (χ0n) is 9.09.